The third-order valence-electron chi connectivity index (χ3n) is 6.47. The zero-order valence-corrected chi connectivity index (χ0v) is 26.6. The lowest BCUT2D eigenvalue weighted by Crippen LogP contribution is -2.55. The van der Waals surface area contributed by atoms with Crippen LogP contribution in [0.2, 0.25) is 5.02 Å². The average Bonchev–Trinajstić information content (AvgIpc) is 2.92. The minimum absolute atomic E-state index is 0.0149. The molecule has 3 rings (SSSR count). The minimum Gasteiger partial charge on any atom is -0.494 e. The fraction of sp³-hybridized carbons (Fsp3) is 0.375. The number of ether oxygens (including phenoxy) is 1. The molecular weight excluding hydrogens is 574 g/mol. The molecule has 3 aromatic carbocycles. The molecular formula is C32H40ClN3O5S. The monoisotopic (exact) mass is 613 g/mol. The van der Waals surface area contributed by atoms with Gasteiger partial charge in [-0.25, -0.2) is 8.42 Å². The van der Waals surface area contributed by atoms with Crippen LogP contribution in [0.4, 0.5) is 5.69 Å². The molecule has 42 heavy (non-hydrogen) atoms. The number of aryl methyl sites for hydroxylation is 1. The summed E-state index contributed by atoms with van der Waals surface area (Å²) < 4.78 is 34.6. The Morgan fingerprint density at radius 1 is 0.929 bits per heavy atom. The number of amides is 2. The summed E-state index contributed by atoms with van der Waals surface area (Å²) in [5.41, 5.74) is 1.51. The van der Waals surface area contributed by atoms with E-state index in [-0.39, 0.29) is 17.3 Å². The largest absolute Gasteiger partial charge is 0.494 e. The van der Waals surface area contributed by atoms with Crippen molar-refractivity contribution in [2.75, 3.05) is 17.5 Å². The van der Waals surface area contributed by atoms with E-state index in [9.17, 15) is 18.0 Å². The molecule has 0 aliphatic heterocycles. The molecule has 10 heteroatoms. The van der Waals surface area contributed by atoms with E-state index in [0.29, 0.717) is 29.5 Å². The molecule has 2 amide bonds. The van der Waals surface area contributed by atoms with Crippen LogP contribution in [0.1, 0.15) is 52.2 Å². The van der Waals surface area contributed by atoms with Crippen LogP contribution in [-0.2, 0) is 26.2 Å². The van der Waals surface area contributed by atoms with E-state index < -0.39 is 34.1 Å². The quantitative estimate of drug-likeness (QED) is 0.272. The molecule has 0 heterocycles. The maximum absolute atomic E-state index is 14.1. The number of benzene rings is 3. The van der Waals surface area contributed by atoms with Crippen molar-refractivity contribution < 1.29 is 22.7 Å². The topological polar surface area (TPSA) is 96.0 Å². The first-order valence-corrected chi connectivity index (χ1v) is 15.7. The Morgan fingerprint density at radius 3 is 2.05 bits per heavy atom. The van der Waals surface area contributed by atoms with E-state index in [1.165, 1.54) is 17.0 Å². The molecule has 226 valence electrons. The van der Waals surface area contributed by atoms with Crippen LogP contribution >= 0.6 is 11.6 Å². The Hall–Kier alpha value is -3.56. The number of nitrogens with zero attached hydrogens (tertiary/aromatic N) is 2. The highest BCUT2D eigenvalue weighted by Crippen LogP contribution is 2.27. The van der Waals surface area contributed by atoms with Gasteiger partial charge in [-0.05, 0) is 95.1 Å². The third kappa shape index (κ3) is 8.72. The number of hydrogen-bond acceptors (Lipinski definition) is 5. The lowest BCUT2D eigenvalue weighted by molar-refractivity contribution is -0.141. The van der Waals surface area contributed by atoms with Crippen LogP contribution < -0.4 is 14.4 Å². The summed E-state index contributed by atoms with van der Waals surface area (Å²) >= 11 is 6.08. The zero-order valence-electron chi connectivity index (χ0n) is 25.1. The van der Waals surface area contributed by atoms with Gasteiger partial charge in [-0.15, -0.1) is 0 Å². The van der Waals surface area contributed by atoms with Crippen molar-refractivity contribution in [1.82, 2.24) is 10.2 Å². The molecule has 0 radical (unpaired) electrons. The van der Waals surface area contributed by atoms with Gasteiger partial charge >= 0.3 is 0 Å². The summed E-state index contributed by atoms with van der Waals surface area (Å²) in [5.74, 6) is -0.293. The molecule has 0 aliphatic rings. The Kier molecular flexibility index (Phi) is 11.0. The van der Waals surface area contributed by atoms with E-state index in [4.69, 9.17) is 16.3 Å². The summed E-state index contributed by atoms with van der Waals surface area (Å²) in [5, 5.41) is 3.51. The minimum atomic E-state index is -4.17. The van der Waals surface area contributed by atoms with Crippen molar-refractivity contribution in [3.63, 3.8) is 0 Å². The molecule has 8 nitrogen and oxygen atoms in total. The van der Waals surface area contributed by atoms with Gasteiger partial charge in [0.05, 0.1) is 17.2 Å². The number of sulfonamides is 1. The number of anilines is 1. The lowest BCUT2D eigenvalue weighted by Gasteiger charge is -2.34. The molecule has 0 unspecified atom stereocenters. The standard InChI is InChI=1S/C32H40ClN3O5S/c1-7-29(31(38)34-32(4,5)6)35(21-24-11-13-25(33)14-12-24)30(37)22-36(26-15-9-23(3)10-16-26)42(39,40)28-19-17-27(18-20-28)41-8-2/h9-20,29H,7-8,21-22H2,1-6H3,(H,34,38)/t29-/m1/s1. The van der Waals surface area contributed by atoms with E-state index in [1.54, 1.807) is 60.7 Å². The van der Waals surface area contributed by atoms with Gasteiger partial charge in [0.1, 0.15) is 18.3 Å². The van der Waals surface area contributed by atoms with E-state index in [2.05, 4.69) is 5.32 Å². The summed E-state index contributed by atoms with van der Waals surface area (Å²) in [6.45, 7) is 11.2. The lowest BCUT2D eigenvalue weighted by atomic mass is 10.1. The molecule has 0 aromatic heterocycles. The smallest absolute Gasteiger partial charge is 0.264 e. The maximum Gasteiger partial charge on any atom is 0.264 e. The first-order chi connectivity index (χ1) is 19.7. The van der Waals surface area contributed by atoms with E-state index in [1.807, 2.05) is 41.5 Å². The van der Waals surface area contributed by atoms with Gasteiger partial charge in [0.2, 0.25) is 11.8 Å². The number of nitrogens with one attached hydrogen (secondary N) is 1. The van der Waals surface area contributed by atoms with Crippen molar-refractivity contribution in [3.05, 3.63) is 88.9 Å². The Bertz CT molecular complexity index is 1450. The number of hydrogen-bond donors (Lipinski definition) is 1. The average molecular weight is 614 g/mol. The van der Waals surface area contributed by atoms with Crippen LogP contribution in [-0.4, -0.2) is 49.9 Å². The molecule has 3 aromatic rings. The Balaban J connectivity index is 2.05. The molecule has 0 saturated heterocycles. The van der Waals surface area contributed by atoms with E-state index in [0.717, 1.165) is 15.4 Å². The molecule has 1 N–H and O–H groups in total. The van der Waals surface area contributed by atoms with E-state index >= 15 is 0 Å². The third-order valence-corrected chi connectivity index (χ3v) is 8.51. The second kappa shape index (κ2) is 14.1. The molecule has 0 saturated carbocycles. The molecule has 0 spiro atoms. The van der Waals surface area contributed by atoms with Gasteiger partial charge < -0.3 is 15.0 Å². The van der Waals surface area contributed by atoms with Gasteiger partial charge in [-0.1, -0.05) is 48.4 Å². The van der Waals surface area contributed by atoms with Crippen molar-refractivity contribution >= 4 is 39.1 Å². The first-order valence-electron chi connectivity index (χ1n) is 13.9. The highest BCUT2D eigenvalue weighted by molar-refractivity contribution is 7.92. The van der Waals surface area contributed by atoms with Crippen LogP contribution in [0.5, 0.6) is 5.75 Å². The van der Waals surface area contributed by atoms with Crippen LogP contribution in [0.15, 0.2) is 77.7 Å². The van der Waals surface area contributed by atoms with Crippen molar-refractivity contribution in [3.8, 4) is 5.75 Å². The number of rotatable bonds is 12. The molecule has 0 bridgehead atoms. The van der Waals surface area contributed by atoms with Crippen LogP contribution in [0.3, 0.4) is 0 Å². The summed E-state index contributed by atoms with van der Waals surface area (Å²) in [6.07, 6.45) is 0.331. The first kappa shape index (κ1) is 32.9. The summed E-state index contributed by atoms with van der Waals surface area (Å²) in [7, 11) is -4.17. The zero-order chi connectivity index (χ0) is 31.1. The predicted molar refractivity (Wildman–Crippen MR) is 167 cm³/mol. The second-order valence-electron chi connectivity index (χ2n) is 11.1. The summed E-state index contributed by atoms with van der Waals surface area (Å²) in [6, 6.07) is 19.2. The number of halogens is 1. The highest BCUT2D eigenvalue weighted by atomic mass is 35.5. The maximum atomic E-state index is 14.1. The van der Waals surface area contributed by atoms with Crippen LogP contribution in [0, 0.1) is 6.92 Å². The van der Waals surface area contributed by atoms with Gasteiger partial charge in [-0.3, -0.25) is 13.9 Å². The number of carbonyl (C=O) groups excluding carboxylic acids is 2. The SMILES string of the molecule is CCOc1ccc(S(=O)(=O)N(CC(=O)N(Cc2ccc(Cl)cc2)[C@H](CC)C(=O)NC(C)(C)C)c2ccc(C)cc2)cc1. The molecule has 1 atom stereocenters. The fourth-order valence-corrected chi connectivity index (χ4v) is 5.94. The summed E-state index contributed by atoms with van der Waals surface area (Å²) in [4.78, 5) is 29.0. The van der Waals surface area contributed by atoms with Gasteiger partial charge in [0.15, 0.2) is 0 Å². The van der Waals surface area contributed by atoms with Gasteiger partial charge in [-0.2, -0.15) is 0 Å². The van der Waals surface area contributed by atoms with Gasteiger partial charge in [0, 0.05) is 17.1 Å². The Labute approximate surface area is 254 Å². The highest BCUT2D eigenvalue weighted by Gasteiger charge is 2.34. The fourth-order valence-electron chi connectivity index (χ4n) is 4.40. The normalized spacial score (nSPS) is 12.4. The second-order valence-corrected chi connectivity index (χ2v) is 13.4. The van der Waals surface area contributed by atoms with Crippen molar-refractivity contribution in [1.29, 1.82) is 0 Å². The predicted octanol–water partition coefficient (Wildman–Crippen LogP) is 5.96. The molecule has 0 aliphatic carbocycles. The van der Waals surface area contributed by atoms with Crippen molar-refractivity contribution in [2.45, 2.75) is 71.0 Å². The van der Waals surface area contributed by atoms with Crippen molar-refractivity contribution in [2.24, 2.45) is 0 Å². The van der Waals surface area contributed by atoms with Crippen LogP contribution in [0.25, 0.3) is 0 Å². The Morgan fingerprint density at radius 2 is 1.52 bits per heavy atom. The van der Waals surface area contributed by atoms with Gasteiger partial charge in [0.25, 0.3) is 10.0 Å². The molecule has 0 fully saturated rings. The number of carbonyl (C=O) groups is 2.